The molecular weight excluding hydrogens is 260 g/mol. The van der Waals surface area contributed by atoms with Crippen molar-refractivity contribution < 1.29 is 4.74 Å². The van der Waals surface area contributed by atoms with Gasteiger partial charge in [-0.15, -0.1) is 0 Å². The number of rotatable bonds is 4. The van der Waals surface area contributed by atoms with Gasteiger partial charge in [-0.25, -0.2) is 0 Å². The Labute approximate surface area is 128 Å². The minimum Gasteiger partial charge on any atom is -0.380 e. The molecule has 0 unspecified atom stereocenters. The predicted octanol–water partition coefficient (Wildman–Crippen LogP) is 2.94. The topological polar surface area (TPSA) is 24.5 Å². The van der Waals surface area contributed by atoms with Gasteiger partial charge in [0.1, 0.15) is 0 Å². The van der Waals surface area contributed by atoms with Gasteiger partial charge in [0.05, 0.1) is 6.61 Å². The summed E-state index contributed by atoms with van der Waals surface area (Å²) in [6.07, 6.45) is 6.91. The highest BCUT2D eigenvalue weighted by Gasteiger charge is 2.39. The Morgan fingerprint density at radius 2 is 2.00 bits per heavy atom. The molecule has 3 rings (SSSR count). The second-order valence-electron chi connectivity index (χ2n) is 6.64. The van der Waals surface area contributed by atoms with Crippen molar-refractivity contribution >= 4 is 0 Å². The fourth-order valence-electron chi connectivity index (χ4n) is 4.04. The van der Waals surface area contributed by atoms with Crippen molar-refractivity contribution in [2.45, 2.75) is 50.8 Å². The molecule has 0 radical (unpaired) electrons. The minimum atomic E-state index is 0.410. The number of benzene rings is 1. The summed E-state index contributed by atoms with van der Waals surface area (Å²) < 4.78 is 5.26. The molecule has 21 heavy (non-hydrogen) atoms. The van der Waals surface area contributed by atoms with Crippen LogP contribution >= 0.6 is 0 Å². The Balaban J connectivity index is 1.73. The molecule has 1 saturated carbocycles. The summed E-state index contributed by atoms with van der Waals surface area (Å²) in [5.74, 6) is 0. The lowest BCUT2D eigenvalue weighted by Gasteiger charge is -2.50. The first-order valence-corrected chi connectivity index (χ1v) is 8.35. The largest absolute Gasteiger partial charge is 0.380 e. The van der Waals surface area contributed by atoms with Crippen LogP contribution < -0.4 is 5.32 Å². The smallest absolute Gasteiger partial charge is 0.0713 e. The Kier molecular flexibility index (Phi) is 4.94. The Morgan fingerprint density at radius 3 is 2.81 bits per heavy atom. The van der Waals surface area contributed by atoms with Crippen LogP contribution in [0.2, 0.25) is 0 Å². The van der Waals surface area contributed by atoms with Crippen molar-refractivity contribution in [3.05, 3.63) is 35.4 Å². The molecule has 2 aliphatic rings. The third-order valence-corrected chi connectivity index (χ3v) is 5.14. The van der Waals surface area contributed by atoms with Crippen molar-refractivity contribution in [2.24, 2.45) is 0 Å². The monoisotopic (exact) mass is 288 g/mol. The number of ether oxygens (including phenoxy) is 1. The van der Waals surface area contributed by atoms with Crippen LogP contribution in [-0.2, 0) is 17.9 Å². The van der Waals surface area contributed by atoms with Crippen molar-refractivity contribution in [3.63, 3.8) is 0 Å². The highest BCUT2D eigenvalue weighted by atomic mass is 16.5. The van der Waals surface area contributed by atoms with E-state index in [1.54, 1.807) is 7.11 Å². The number of piperazine rings is 1. The van der Waals surface area contributed by atoms with Gasteiger partial charge in [0.2, 0.25) is 0 Å². The van der Waals surface area contributed by atoms with E-state index in [4.69, 9.17) is 4.74 Å². The molecule has 1 aromatic carbocycles. The highest BCUT2D eigenvalue weighted by Crippen LogP contribution is 2.35. The van der Waals surface area contributed by atoms with Gasteiger partial charge >= 0.3 is 0 Å². The van der Waals surface area contributed by atoms with E-state index in [1.165, 1.54) is 56.3 Å². The molecule has 116 valence electrons. The first kappa shape index (κ1) is 15.0. The summed E-state index contributed by atoms with van der Waals surface area (Å²) in [4.78, 5) is 2.74. The van der Waals surface area contributed by atoms with E-state index in [0.29, 0.717) is 12.1 Å². The summed E-state index contributed by atoms with van der Waals surface area (Å²) in [5.41, 5.74) is 3.12. The van der Waals surface area contributed by atoms with Gasteiger partial charge in [-0.2, -0.15) is 0 Å². The average molecular weight is 288 g/mol. The lowest BCUT2D eigenvalue weighted by atomic mass is 9.79. The summed E-state index contributed by atoms with van der Waals surface area (Å²) >= 11 is 0. The molecule has 0 atom stereocenters. The zero-order chi connectivity index (χ0) is 14.5. The van der Waals surface area contributed by atoms with Crippen LogP contribution in [0.1, 0.15) is 43.2 Å². The maximum Gasteiger partial charge on any atom is 0.0713 e. The van der Waals surface area contributed by atoms with Gasteiger partial charge in [-0.3, -0.25) is 4.90 Å². The first-order chi connectivity index (χ1) is 10.3. The van der Waals surface area contributed by atoms with Crippen molar-refractivity contribution in [3.8, 4) is 0 Å². The summed E-state index contributed by atoms with van der Waals surface area (Å²) in [5, 5.41) is 3.63. The molecule has 2 fully saturated rings. The number of hydrogen-bond acceptors (Lipinski definition) is 3. The van der Waals surface area contributed by atoms with E-state index in [0.717, 1.165) is 13.1 Å². The number of nitrogens with one attached hydrogen (secondary N) is 1. The number of hydrogen-bond donors (Lipinski definition) is 1. The molecule has 1 aromatic rings. The van der Waals surface area contributed by atoms with Gasteiger partial charge in [0, 0.05) is 38.8 Å². The van der Waals surface area contributed by atoms with E-state index >= 15 is 0 Å². The summed E-state index contributed by atoms with van der Waals surface area (Å²) in [7, 11) is 1.76. The third-order valence-electron chi connectivity index (χ3n) is 5.14. The predicted molar refractivity (Wildman–Crippen MR) is 86.3 cm³/mol. The molecule has 1 saturated heterocycles. The SMILES string of the molecule is COCc1cccc(CN2CCNCC23CCCCC3)c1. The molecule has 3 heteroatoms. The standard InChI is InChI=1S/C18H28N2O/c1-21-14-17-7-5-6-16(12-17)13-20-11-10-19-15-18(20)8-3-2-4-9-18/h5-7,12,19H,2-4,8-11,13-15H2,1H3. The molecule has 1 heterocycles. The normalized spacial score (nSPS) is 22.5. The van der Waals surface area contributed by atoms with Gasteiger partial charge in [0.25, 0.3) is 0 Å². The van der Waals surface area contributed by atoms with Crippen LogP contribution in [0, 0.1) is 0 Å². The van der Waals surface area contributed by atoms with E-state index < -0.39 is 0 Å². The molecule has 1 aliphatic heterocycles. The second-order valence-corrected chi connectivity index (χ2v) is 6.64. The van der Waals surface area contributed by atoms with Crippen molar-refractivity contribution in [2.75, 3.05) is 26.7 Å². The van der Waals surface area contributed by atoms with E-state index in [9.17, 15) is 0 Å². The molecule has 1 N–H and O–H groups in total. The average Bonchev–Trinajstić information content (AvgIpc) is 2.52. The number of nitrogens with zero attached hydrogens (tertiary/aromatic N) is 1. The van der Waals surface area contributed by atoms with Gasteiger partial charge < -0.3 is 10.1 Å². The van der Waals surface area contributed by atoms with Crippen molar-refractivity contribution in [1.29, 1.82) is 0 Å². The molecule has 1 aliphatic carbocycles. The maximum absolute atomic E-state index is 5.26. The van der Waals surface area contributed by atoms with Crippen LogP contribution in [0.5, 0.6) is 0 Å². The molecule has 1 spiro atoms. The molecular formula is C18H28N2O. The molecule has 0 bridgehead atoms. The van der Waals surface area contributed by atoms with Crippen LogP contribution in [0.4, 0.5) is 0 Å². The van der Waals surface area contributed by atoms with Gasteiger partial charge in [0.15, 0.2) is 0 Å². The van der Waals surface area contributed by atoms with Crippen LogP contribution in [-0.4, -0.2) is 37.2 Å². The zero-order valence-electron chi connectivity index (χ0n) is 13.2. The quantitative estimate of drug-likeness (QED) is 0.922. The van der Waals surface area contributed by atoms with E-state index in [2.05, 4.69) is 34.5 Å². The van der Waals surface area contributed by atoms with Gasteiger partial charge in [-0.1, -0.05) is 43.5 Å². The fourth-order valence-corrected chi connectivity index (χ4v) is 4.04. The third kappa shape index (κ3) is 3.47. The first-order valence-electron chi connectivity index (χ1n) is 8.35. The minimum absolute atomic E-state index is 0.410. The Bertz CT molecular complexity index is 446. The highest BCUT2D eigenvalue weighted by molar-refractivity contribution is 5.23. The Morgan fingerprint density at radius 1 is 1.19 bits per heavy atom. The van der Waals surface area contributed by atoms with Crippen molar-refractivity contribution in [1.82, 2.24) is 10.2 Å². The van der Waals surface area contributed by atoms with Crippen LogP contribution in [0.25, 0.3) is 0 Å². The van der Waals surface area contributed by atoms with E-state index in [1.807, 2.05) is 0 Å². The maximum atomic E-state index is 5.26. The zero-order valence-corrected chi connectivity index (χ0v) is 13.2. The van der Waals surface area contributed by atoms with Gasteiger partial charge in [-0.05, 0) is 24.0 Å². The summed E-state index contributed by atoms with van der Waals surface area (Å²) in [6, 6.07) is 8.89. The van der Waals surface area contributed by atoms with Crippen LogP contribution in [0.3, 0.4) is 0 Å². The second kappa shape index (κ2) is 6.91. The lowest BCUT2D eigenvalue weighted by molar-refractivity contribution is 0.0208. The van der Waals surface area contributed by atoms with Crippen LogP contribution in [0.15, 0.2) is 24.3 Å². The lowest BCUT2D eigenvalue weighted by Crippen LogP contribution is -2.61. The summed E-state index contributed by atoms with van der Waals surface area (Å²) in [6.45, 7) is 5.26. The molecule has 0 amide bonds. The fraction of sp³-hybridized carbons (Fsp3) is 0.667. The van der Waals surface area contributed by atoms with E-state index in [-0.39, 0.29) is 0 Å². The Hall–Kier alpha value is -0.900. The molecule has 0 aromatic heterocycles. The number of methoxy groups -OCH3 is 1. The molecule has 3 nitrogen and oxygen atoms in total.